The largest absolute Gasteiger partial charge is 0.292 e. The van der Waals surface area contributed by atoms with Gasteiger partial charge in [0.25, 0.3) is 5.56 Å². The normalized spacial score (nSPS) is 11.0. The standard InChI is InChI=1S/C14H14BrClN2O/c1-9(2)14-17-12(16)7-13(19)18(14)8-10-5-3-4-6-11(10)15/h3-7,9H,8H2,1-2H3. The Morgan fingerprint density at radius 2 is 2.05 bits per heavy atom. The molecule has 2 rings (SSSR count). The fourth-order valence-corrected chi connectivity index (χ4v) is 2.48. The summed E-state index contributed by atoms with van der Waals surface area (Å²) in [4.78, 5) is 16.4. The maximum atomic E-state index is 12.1. The first-order valence-corrected chi connectivity index (χ1v) is 7.17. The van der Waals surface area contributed by atoms with E-state index in [-0.39, 0.29) is 16.6 Å². The van der Waals surface area contributed by atoms with Gasteiger partial charge in [-0.15, -0.1) is 0 Å². The molecule has 0 atom stereocenters. The molecule has 0 aliphatic heterocycles. The molecule has 19 heavy (non-hydrogen) atoms. The lowest BCUT2D eigenvalue weighted by molar-refractivity contribution is 0.624. The van der Waals surface area contributed by atoms with Crippen LogP contribution in [-0.2, 0) is 6.54 Å². The molecule has 0 fully saturated rings. The Balaban J connectivity index is 2.51. The summed E-state index contributed by atoms with van der Waals surface area (Å²) in [5, 5.41) is 0.247. The van der Waals surface area contributed by atoms with Crippen molar-refractivity contribution >= 4 is 27.5 Å². The lowest BCUT2D eigenvalue weighted by Crippen LogP contribution is -2.25. The third-order valence-electron chi connectivity index (χ3n) is 2.81. The minimum absolute atomic E-state index is 0.126. The summed E-state index contributed by atoms with van der Waals surface area (Å²) in [5.74, 6) is 0.835. The van der Waals surface area contributed by atoms with E-state index in [2.05, 4.69) is 20.9 Å². The van der Waals surface area contributed by atoms with Crippen molar-refractivity contribution in [2.24, 2.45) is 0 Å². The second-order valence-corrected chi connectivity index (χ2v) is 5.85. The van der Waals surface area contributed by atoms with Gasteiger partial charge in [-0.05, 0) is 11.6 Å². The monoisotopic (exact) mass is 340 g/mol. The summed E-state index contributed by atoms with van der Waals surface area (Å²) in [6, 6.07) is 9.18. The van der Waals surface area contributed by atoms with Gasteiger partial charge in [-0.25, -0.2) is 4.98 Å². The van der Waals surface area contributed by atoms with Gasteiger partial charge in [-0.2, -0.15) is 0 Å². The molecule has 5 heteroatoms. The van der Waals surface area contributed by atoms with Crippen LogP contribution in [0.25, 0.3) is 0 Å². The molecule has 2 aromatic rings. The first-order valence-electron chi connectivity index (χ1n) is 5.99. The molecule has 0 saturated carbocycles. The number of hydrogen-bond acceptors (Lipinski definition) is 2. The van der Waals surface area contributed by atoms with Crippen molar-refractivity contribution in [3.8, 4) is 0 Å². The van der Waals surface area contributed by atoms with Crippen LogP contribution in [0.1, 0.15) is 31.2 Å². The summed E-state index contributed by atoms with van der Waals surface area (Å²) in [6.45, 7) is 4.47. The van der Waals surface area contributed by atoms with Crippen LogP contribution in [0.2, 0.25) is 5.15 Å². The molecule has 0 radical (unpaired) electrons. The molecule has 0 N–H and O–H groups in total. The smallest absolute Gasteiger partial charge is 0.255 e. The topological polar surface area (TPSA) is 34.9 Å². The van der Waals surface area contributed by atoms with Crippen LogP contribution in [0.15, 0.2) is 39.6 Å². The summed E-state index contributed by atoms with van der Waals surface area (Å²) >= 11 is 9.36. The molecule has 0 bridgehead atoms. The molecule has 1 aromatic carbocycles. The van der Waals surface area contributed by atoms with E-state index < -0.39 is 0 Å². The fraction of sp³-hybridized carbons (Fsp3) is 0.286. The van der Waals surface area contributed by atoms with Gasteiger partial charge in [-0.1, -0.05) is 59.6 Å². The van der Waals surface area contributed by atoms with E-state index >= 15 is 0 Å². The van der Waals surface area contributed by atoms with Gasteiger partial charge in [0.2, 0.25) is 0 Å². The van der Waals surface area contributed by atoms with Crippen molar-refractivity contribution < 1.29 is 0 Å². The van der Waals surface area contributed by atoms with E-state index in [9.17, 15) is 4.79 Å². The lowest BCUT2D eigenvalue weighted by atomic mass is 10.1. The van der Waals surface area contributed by atoms with Gasteiger partial charge in [0, 0.05) is 16.5 Å². The predicted molar refractivity (Wildman–Crippen MR) is 80.8 cm³/mol. The molecular weight excluding hydrogens is 328 g/mol. The van der Waals surface area contributed by atoms with E-state index in [1.165, 1.54) is 6.07 Å². The Hall–Kier alpha value is -1.13. The minimum atomic E-state index is -0.126. The van der Waals surface area contributed by atoms with Crippen LogP contribution in [0.4, 0.5) is 0 Å². The van der Waals surface area contributed by atoms with Crippen molar-refractivity contribution in [3.63, 3.8) is 0 Å². The molecular formula is C14H14BrClN2O. The van der Waals surface area contributed by atoms with Crippen LogP contribution in [0.3, 0.4) is 0 Å². The molecule has 0 spiro atoms. The van der Waals surface area contributed by atoms with Crippen molar-refractivity contribution in [3.05, 3.63) is 61.7 Å². The van der Waals surface area contributed by atoms with Crippen molar-refractivity contribution in [2.75, 3.05) is 0 Å². The lowest BCUT2D eigenvalue weighted by Gasteiger charge is -2.15. The number of halogens is 2. The first-order chi connectivity index (χ1) is 8.99. The van der Waals surface area contributed by atoms with Gasteiger partial charge in [-0.3, -0.25) is 9.36 Å². The van der Waals surface area contributed by atoms with Gasteiger partial charge < -0.3 is 0 Å². The molecule has 1 heterocycles. The molecule has 0 aliphatic carbocycles. The zero-order valence-electron chi connectivity index (χ0n) is 10.7. The van der Waals surface area contributed by atoms with Crippen molar-refractivity contribution in [1.82, 2.24) is 9.55 Å². The van der Waals surface area contributed by atoms with E-state index in [0.29, 0.717) is 12.4 Å². The summed E-state index contributed by atoms with van der Waals surface area (Å²) in [7, 11) is 0. The third kappa shape index (κ3) is 3.25. The van der Waals surface area contributed by atoms with E-state index in [4.69, 9.17) is 11.6 Å². The van der Waals surface area contributed by atoms with E-state index in [1.807, 2.05) is 38.1 Å². The summed E-state index contributed by atoms with van der Waals surface area (Å²) in [5.41, 5.74) is 0.912. The number of rotatable bonds is 3. The highest BCUT2D eigenvalue weighted by atomic mass is 79.9. The van der Waals surface area contributed by atoms with Crippen LogP contribution >= 0.6 is 27.5 Å². The van der Waals surface area contributed by atoms with E-state index in [0.717, 1.165) is 10.0 Å². The van der Waals surface area contributed by atoms with Gasteiger partial charge in [0.15, 0.2) is 0 Å². The van der Waals surface area contributed by atoms with Crippen LogP contribution in [-0.4, -0.2) is 9.55 Å². The quantitative estimate of drug-likeness (QED) is 0.795. The highest BCUT2D eigenvalue weighted by Crippen LogP contribution is 2.19. The second-order valence-electron chi connectivity index (χ2n) is 4.61. The Morgan fingerprint density at radius 3 is 2.68 bits per heavy atom. The van der Waals surface area contributed by atoms with Crippen molar-refractivity contribution in [1.29, 1.82) is 0 Å². The second kappa shape index (κ2) is 5.88. The molecule has 0 saturated heterocycles. The number of aromatic nitrogens is 2. The van der Waals surface area contributed by atoms with Crippen molar-refractivity contribution in [2.45, 2.75) is 26.3 Å². The van der Waals surface area contributed by atoms with Crippen LogP contribution in [0, 0.1) is 0 Å². The third-order valence-corrected chi connectivity index (χ3v) is 3.78. The van der Waals surface area contributed by atoms with Gasteiger partial charge in [0.1, 0.15) is 11.0 Å². The molecule has 0 aliphatic rings. The van der Waals surface area contributed by atoms with Gasteiger partial charge >= 0.3 is 0 Å². The maximum absolute atomic E-state index is 12.1. The number of benzene rings is 1. The number of hydrogen-bond donors (Lipinski definition) is 0. The molecule has 3 nitrogen and oxygen atoms in total. The van der Waals surface area contributed by atoms with Crippen LogP contribution < -0.4 is 5.56 Å². The van der Waals surface area contributed by atoms with Crippen LogP contribution in [0.5, 0.6) is 0 Å². The summed E-state index contributed by atoms with van der Waals surface area (Å²) < 4.78 is 2.64. The first kappa shape index (κ1) is 14.3. The Labute approximate surface area is 125 Å². The maximum Gasteiger partial charge on any atom is 0.255 e. The SMILES string of the molecule is CC(C)c1nc(Cl)cc(=O)n1Cc1ccccc1Br. The number of nitrogens with zero attached hydrogens (tertiary/aromatic N) is 2. The predicted octanol–water partition coefficient (Wildman–Crippen LogP) is 3.83. The molecule has 0 unspecified atom stereocenters. The molecule has 1 aromatic heterocycles. The highest BCUT2D eigenvalue weighted by molar-refractivity contribution is 9.10. The molecule has 100 valence electrons. The minimum Gasteiger partial charge on any atom is -0.292 e. The Bertz CT molecular complexity index is 652. The fourth-order valence-electron chi connectivity index (χ4n) is 1.89. The summed E-state index contributed by atoms with van der Waals surface area (Å²) in [6.07, 6.45) is 0. The Morgan fingerprint density at radius 1 is 1.37 bits per heavy atom. The van der Waals surface area contributed by atoms with E-state index in [1.54, 1.807) is 4.57 Å². The average Bonchev–Trinajstić information content (AvgIpc) is 2.34. The highest BCUT2D eigenvalue weighted by Gasteiger charge is 2.12. The molecule has 0 amide bonds. The zero-order chi connectivity index (χ0) is 14.0. The Kier molecular flexibility index (Phi) is 4.42. The average molecular weight is 342 g/mol. The zero-order valence-corrected chi connectivity index (χ0v) is 13.1. The van der Waals surface area contributed by atoms with Gasteiger partial charge in [0.05, 0.1) is 6.54 Å².